The number of ether oxygens (including phenoxy) is 2. The quantitative estimate of drug-likeness (QED) is 0.670. The van der Waals surface area contributed by atoms with Gasteiger partial charge in [-0.25, -0.2) is 4.39 Å². The summed E-state index contributed by atoms with van der Waals surface area (Å²) >= 11 is 0. The van der Waals surface area contributed by atoms with E-state index in [1.807, 2.05) is 24.3 Å². The van der Waals surface area contributed by atoms with E-state index in [1.165, 1.54) is 13.2 Å². The van der Waals surface area contributed by atoms with Crippen molar-refractivity contribution in [2.75, 3.05) is 27.3 Å². The second-order valence-electron chi connectivity index (χ2n) is 7.87. The highest BCUT2D eigenvalue weighted by Gasteiger charge is 2.21. The molecule has 1 amide bonds. The van der Waals surface area contributed by atoms with Crippen LogP contribution in [-0.4, -0.2) is 38.1 Å². The Morgan fingerprint density at radius 1 is 1.17 bits per heavy atom. The number of piperidine rings is 1. The molecule has 0 radical (unpaired) electrons. The van der Waals surface area contributed by atoms with E-state index in [0.29, 0.717) is 36.7 Å². The molecule has 0 aromatic heterocycles. The van der Waals surface area contributed by atoms with Crippen molar-refractivity contribution < 1.29 is 18.7 Å². The van der Waals surface area contributed by atoms with Crippen LogP contribution in [0.4, 0.5) is 4.39 Å². The molecule has 0 aliphatic carbocycles. The van der Waals surface area contributed by atoms with Crippen LogP contribution in [0.3, 0.4) is 0 Å². The van der Waals surface area contributed by atoms with Gasteiger partial charge in [0, 0.05) is 37.7 Å². The summed E-state index contributed by atoms with van der Waals surface area (Å²) in [5, 5.41) is 2.99. The number of nitrogens with one attached hydrogen (secondary N) is 1. The van der Waals surface area contributed by atoms with Crippen LogP contribution in [-0.2, 0) is 17.9 Å². The fourth-order valence-corrected chi connectivity index (χ4v) is 3.96. The van der Waals surface area contributed by atoms with Crippen LogP contribution in [0.15, 0.2) is 42.5 Å². The summed E-state index contributed by atoms with van der Waals surface area (Å²) in [6, 6.07) is 12.7. The first-order valence-electron chi connectivity index (χ1n) is 10.5. The summed E-state index contributed by atoms with van der Waals surface area (Å²) in [6.45, 7) is 2.95. The third-order valence-corrected chi connectivity index (χ3v) is 5.66. The number of methoxy groups -OCH3 is 2. The molecule has 1 fully saturated rings. The Bertz CT molecular complexity index is 843. The monoisotopic (exact) mass is 414 g/mol. The van der Waals surface area contributed by atoms with Crippen molar-refractivity contribution in [1.82, 2.24) is 10.2 Å². The Morgan fingerprint density at radius 2 is 1.97 bits per heavy atom. The zero-order valence-electron chi connectivity index (χ0n) is 17.8. The first-order valence-corrected chi connectivity index (χ1v) is 10.5. The predicted octanol–water partition coefficient (Wildman–Crippen LogP) is 4.15. The van der Waals surface area contributed by atoms with Gasteiger partial charge in [0.25, 0.3) is 0 Å². The Labute approximate surface area is 178 Å². The third kappa shape index (κ3) is 6.46. The molecule has 0 unspecified atom stereocenters. The molecular weight excluding hydrogens is 383 g/mol. The lowest BCUT2D eigenvalue weighted by Crippen LogP contribution is -2.35. The van der Waals surface area contributed by atoms with Crippen LogP contribution in [0.2, 0.25) is 0 Å². The molecule has 0 spiro atoms. The van der Waals surface area contributed by atoms with Crippen LogP contribution in [0.1, 0.15) is 36.8 Å². The lowest BCUT2D eigenvalue weighted by molar-refractivity contribution is -0.121. The molecule has 1 aliphatic heterocycles. The van der Waals surface area contributed by atoms with Gasteiger partial charge in [0.1, 0.15) is 17.3 Å². The van der Waals surface area contributed by atoms with Crippen molar-refractivity contribution in [2.24, 2.45) is 5.92 Å². The van der Waals surface area contributed by atoms with Crippen molar-refractivity contribution in [3.63, 3.8) is 0 Å². The Balaban J connectivity index is 1.42. The molecule has 1 heterocycles. The van der Waals surface area contributed by atoms with E-state index in [1.54, 1.807) is 19.2 Å². The van der Waals surface area contributed by atoms with Gasteiger partial charge in [-0.1, -0.05) is 18.2 Å². The molecule has 30 heavy (non-hydrogen) atoms. The van der Waals surface area contributed by atoms with E-state index in [0.717, 1.165) is 43.7 Å². The number of carbonyl (C=O) groups is 1. The molecule has 6 heteroatoms. The molecule has 3 rings (SSSR count). The number of hydrogen-bond donors (Lipinski definition) is 1. The van der Waals surface area contributed by atoms with Crippen molar-refractivity contribution in [1.29, 1.82) is 0 Å². The predicted molar refractivity (Wildman–Crippen MR) is 115 cm³/mol. The zero-order chi connectivity index (χ0) is 21.3. The van der Waals surface area contributed by atoms with E-state index < -0.39 is 0 Å². The minimum Gasteiger partial charge on any atom is -0.497 e. The second kappa shape index (κ2) is 11.0. The normalized spacial score (nSPS) is 16.8. The fourth-order valence-electron chi connectivity index (χ4n) is 3.96. The molecule has 1 N–H and O–H groups in total. The third-order valence-electron chi connectivity index (χ3n) is 5.66. The lowest BCUT2D eigenvalue weighted by atomic mass is 9.93. The number of rotatable bonds is 9. The minimum absolute atomic E-state index is 0.0659. The second-order valence-corrected chi connectivity index (χ2v) is 7.87. The first-order chi connectivity index (χ1) is 14.6. The van der Waals surface area contributed by atoms with E-state index in [4.69, 9.17) is 9.47 Å². The van der Waals surface area contributed by atoms with Crippen LogP contribution in [0.25, 0.3) is 0 Å². The summed E-state index contributed by atoms with van der Waals surface area (Å²) in [5.74, 6) is 1.62. The highest BCUT2D eigenvalue weighted by molar-refractivity contribution is 5.75. The van der Waals surface area contributed by atoms with E-state index in [-0.39, 0.29) is 11.7 Å². The smallest absolute Gasteiger partial charge is 0.220 e. The molecule has 162 valence electrons. The Morgan fingerprint density at radius 3 is 2.73 bits per heavy atom. The van der Waals surface area contributed by atoms with Crippen LogP contribution >= 0.6 is 0 Å². The maximum absolute atomic E-state index is 14.2. The molecule has 2 aromatic carbocycles. The number of carbonyl (C=O) groups excluding carboxylic acids is 1. The summed E-state index contributed by atoms with van der Waals surface area (Å²) in [6.07, 6.45) is 3.56. The summed E-state index contributed by atoms with van der Waals surface area (Å²) in [7, 11) is 3.17. The first kappa shape index (κ1) is 22.1. The zero-order valence-corrected chi connectivity index (χ0v) is 17.8. The van der Waals surface area contributed by atoms with Crippen molar-refractivity contribution in [3.05, 3.63) is 59.4 Å². The van der Waals surface area contributed by atoms with Crippen LogP contribution in [0.5, 0.6) is 11.5 Å². The molecule has 1 saturated heterocycles. The van der Waals surface area contributed by atoms with Gasteiger partial charge < -0.3 is 14.8 Å². The average molecular weight is 415 g/mol. The van der Waals surface area contributed by atoms with Gasteiger partial charge >= 0.3 is 0 Å². The lowest BCUT2D eigenvalue weighted by Gasteiger charge is -2.32. The number of likely N-dealkylation sites (tertiary alicyclic amines) is 1. The molecule has 1 atom stereocenters. The maximum Gasteiger partial charge on any atom is 0.220 e. The highest BCUT2D eigenvalue weighted by atomic mass is 19.1. The minimum atomic E-state index is -0.228. The summed E-state index contributed by atoms with van der Waals surface area (Å²) in [4.78, 5) is 14.6. The van der Waals surface area contributed by atoms with E-state index in [9.17, 15) is 9.18 Å². The van der Waals surface area contributed by atoms with Crippen molar-refractivity contribution in [3.8, 4) is 11.5 Å². The summed E-state index contributed by atoms with van der Waals surface area (Å²) in [5.41, 5.74) is 1.71. The largest absolute Gasteiger partial charge is 0.497 e. The number of benzene rings is 2. The van der Waals surface area contributed by atoms with Crippen LogP contribution < -0.4 is 14.8 Å². The maximum atomic E-state index is 14.2. The number of nitrogens with zero attached hydrogens (tertiary/aromatic N) is 1. The number of amides is 1. The van der Waals surface area contributed by atoms with Crippen LogP contribution in [0, 0.1) is 11.7 Å². The molecular formula is C24H31FN2O3. The SMILES string of the molecule is COc1cccc(CNC(=O)CC[C@H]2CCCN(Cc3ccc(OC)cc3F)C2)c1. The topological polar surface area (TPSA) is 50.8 Å². The standard InChI is InChI=1S/C24H31FN2O3/c1-29-21-7-3-5-19(13-21)15-26-24(28)11-8-18-6-4-12-27(16-18)17-20-9-10-22(30-2)14-23(20)25/h3,5,7,9-10,13-14,18H,4,6,8,11-12,15-17H2,1-2H3,(H,26,28)/t18-/m1/s1. The average Bonchev–Trinajstić information content (AvgIpc) is 2.78. The molecule has 0 bridgehead atoms. The Hall–Kier alpha value is -2.60. The van der Waals surface area contributed by atoms with E-state index >= 15 is 0 Å². The van der Waals surface area contributed by atoms with Gasteiger partial charge in [-0.05, 0) is 55.5 Å². The van der Waals surface area contributed by atoms with Gasteiger partial charge in [0.2, 0.25) is 5.91 Å². The molecule has 5 nitrogen and oxygen atoms in total. The number of halogens is 1. The van der Waals surface area contributed by atoms with Crippen molar-refractivity contribution >= 4 is 5.91 Å². The molecule has 1 aliphatic rings. The molecule has 2 aromatic rings. The van der Waals surface area contributed by atoms with Gasteiger partial charge in [-0.15, -0.1) is 0 Å². The van der Waals surface area contributed by atoms with Gasteiger partial charge in [0.05, 0.1) is 14.2 Å². The van der Waals surface area contributed by atoms with Gasteiger partial charge in [0.15, 0.2) is 0 Å². The fraction of sp³-hybridized carbons (Fsp3) is 0.458. The van der Waals surface area contributed by atoms with Gasteiger partial charge in [-0.3, -0.25) is 9.69 Å². The molecule has 0 saturated carbocycles. The van der Waals surface area contributed by atoms with E-state index in [2.05, 4.69) is 10.2 Å². The van der Waals surface area contributed by atoms with Gasteiger partial charge in [-0.2, -0.15) is 0 Å². The highest BCUT2D eigenvalue weighted by Crippen LogP contribution is 2.24. The number of hydrogen-bond acceptors (Lipinski definition) is 4. The summed E-state index contributed by atoms with van der Waals surface area (Å²) < 4.78 is 24.5. The van der Waals surface area contributed by atoms with Crippen molar-refractivity contribution in [2.45, 2.75) is 38.8 Å². The Kier molecular flexibility index (Phi) is 8.08.